The van der Waals surface area contributed by atoms with Crippen LogP contribution >= 0.6 is 0 Å². The van der Waals surface area contributed by atoms with E-state index in [9.17, 15) is 32.8 Å². The van der Waals surface area contributed by atoms with E-state index in [4.69, 9.17) is 0 Å². The van der Waals surface area contributed by atoms with Gasteiger partial charge in [-0.25, -0.2) is 0 Å². The van der Waals surface area contributed by atoms with Crippen LogP contribution in [-0.4, -0.2) is 59.2 Å². The molecule has 11 heteroatoms. The summed E-state index contributed by atoms with van der Waals surface area (Å²) in [5, 5.41) is 11.9. The van der Waals surface area contributed by atoms with Crippen molar-refractivity contribution in [3.8, 4) is 6.07 Å². The molecule has 0 bridgehead atoms. The number of carbonyl (C=O) groups is 3. The number of rotatable bonds is 5. The molecular weight excluding hydrogens is 547 g/mol. The third-order valence-electron chi connectivity index (χ3n) is 5.95. The molecular formula is C31H36F3N5O3. The highest BCUT2D eigenvalue weighted by atomic mass is 19.4. The van der Waals surface area contributed by atoms with Gasteiger partial charge in [-0.2, -0.15) is 18.4 Å². The molecule has 1 saturated heterocycles. The summed E-state index contributed by atoms with van der Waals surface area (Å²) in [5.41, 5.74) is 0.410. The van der Waals surface area contributed by atoms with Crippen molar-refractivity contribution < 1.29 is 27.6 Å². The van der Waals surface area contributed by atoms with Gasteiger partial charge in [-0.3, -0.25) is 19.4 Å². The van der Waals surface area contributed by atoms with Crippen LogP contribution in [0.3, 0.4) is 0 Å². The highest BCUT2D eigenvalue weighted by Crippen LogP contribution is 2.30. The number of aromatic nitrogens is 1. The zero-order valence-corrected chi connectivity index (χ0v) is 24.4. The normalized spacial score (nSPS) is 16.0. The smallest absolute Gasteiger partial charge is 0.332 e. The standard InChI is InChI=1S/C20H19F3N4O2.C7H7NO.C4H10/c1-12-5-16(8-24)27(10-12)18(28)11-26(2)19(29)13-3-4-17-14(6-13)7-15(9-25-17)20(21,22)23;9-6-8-7-4-2-1-3-5-7;1-4(2)3/h3-4,6-7,9,12,16H,5,10-11H2,1-2H3;1-6H,(H,8,9);4H,1-3H3. The Kier molecular flexibility index (Phi) is 12.5. The largest absolute Gasteiger partial charge is 0.417 e. The number of likely N-dealkylation sites (tertiary alicyclic amines) is 1. The number of nitrogens with zero attached hydrogens (tertiary/aromatic N) is 4. The van der Waals surface area contributed by atoms with E-state index in [1.54, 1.807) is 0 Å². The number of hydrogen-bond acceptors (Lipinski definition) is 5. The second-order valence-electron chi connectivity index (χ2n) is 10.7. The predicted octanol–water partition coefficient (Wildman–Crippen LogP) is 6.00. The Morgan fingerprint density at radius 1 is 1.17 bits per heavy atom. The van der Waals surface area contributed by atoms with Gasteiger partial charge in [0.1, 0.15) is 6.04 Å². The third-order valence-corrected chi connectivity index (χ3v) is 5.95. The summed E-state index contributed by atoms with van der Waals surface area (Å²) in [6, 6.07) is 16.1. The van der Waals surface area contributed by atoms with Gasteiger partial charge in [-0.1, -0.05) is 45.9 Å². The molecule has 8 nitrogen and oxygen atoms in total. The Labute approximate surface area is 244 Å². The lowest BCUT2D eigenvalue weighted by Gasteiger charge is -2.24. The lowest BCUT2D eigenvalue weighted by molar-refractivity contribution is -0.137. The van der Waals surface area contributed by atoms with Gasteiger partial charge in [0.25, 0.3) is 5.91 Å². The SMILES string of the molecule is CC(C)C.CC1CC(C#N)N(C(=O)CN(C)C(=O)c2ccc3ncc(C(F)(F)F)cc3c2)C1.O=CNc1ccccc1. The van der Waals surface area contributed by atoms with Crippen LogP contribution < -0.4 is 5.32 Å². The summed E-state index contributed by atoms with van der Waals surface area (Å²) >= 11 is 0. The first-order chi connectivity index (χ1) is 19.8. The second-order valence-corrected chi connectivity index (χ2v) is 10.7. The van der Waals surface area contributed by atoms with E-state index < -0.39 is 23.7 Å². The van der Waals surface area contributed by atoms with Gasteiger partial charge in [0.2, 0.25) is 12.3 Å². The number of benzene rings is 2. The van der Waals surface area contributed by atoms with Crippen molar-refractivity contribution in [3.63, 3.8) is 0 Å². The van der Waals surface area contributed by atoms with Crippen molar-refractivity contribution in [2.75, 3.05) is 25.5 Å². The van der Waals surface area contributed by atoms with Crippen LogP contribution in [0.4, 0.5) is 18.9 Å². The van der Waals surface area contributed by atoms with Crippen LogP contribution in [0.2, 0.25) is 0 Å². The van der Waals surface area contributed by atoms with Crippen LogP contribution in [0.25, 0.3) is 10.9 Å². The third kappa shape index (κ3) is 10.2. The van der Waals surface area contributed by atoms with E-state index in [-0.39, 0.29) is 29.3 Å². The van der Waals surface area contributed by atoms with E-state index in [1.165, 1.54) is 35.0 Å². The van der Waals surface area contributed by atoms with Crippen LogP contribution in [0.5, 0.6) is 0 Å². The Morgan fingerprint density at radius 2 is 1.81 bits per heavy atom. The van der Waals surface area contributed by atoms with Gasteiger partial charge in [-0.15, -0.1) is 0 Å². The summed E-state index contributed by atoms with van der Waals surface area (Å²) in [6.45, 7) is 8.69. The number of fused-ring (bicyclic) bond motifs is 1. The molecule has 0 radical (unpaired) electrons. The predicted molar refractivity (Wildman–Crippen MR) is 155 cm³/mol. The molecule has 1 aliphatic rings. The highest BCUT2D eigenvalue weighted by molar-refractivity contribution is 5.99. The average molecular weight is 584 g/mol. The number of amides is 3. The van der Waals surface area contributed by atoms with Gasteiger partial charge in [0.15, 0.2) is 0 Å². The molecule has 0 spiro atoms. The van der Waals surface area contributed by atoms with E-state index in [0.29, 0.717) is 24.9 Å². The Hall–Kier alpha value is -4.46. The van der Waals surface area contributed by atoms with E-state index in [0.717, 1.165) is 23.9 Å². The molecule has 2 heterocycles. The number of para-hydroxylation sites is 1. The summed E-state index contributed by atoms with van der Waals surface area (Å²) in [6.07, 6.45) is -2.53. The first-order valence-corrected chi connectivity index (χ1v) is 13.4. The van der Waals surface area contributed by atoms with Gasteiger partial charge in [-0.05, 0) is 54.7 Å². The molecule has 1 aliphatic heterocycles. The monoisotopic (exact) mass is 583 g/mol. The topological polar surface area (TPSA) is 106 Å². The van der Waals surface area contributed by atoms with Crippen LogP contribution in [0.15, 0.2) is 60.8 Å². The molecule has 224 valence electrons. The van der Waals surface area contributed by atoms with Gasteiger partial charge < -0.3 is 15.1 Å². The molecule has 2 atom stereocenters. The second kappa shape index (κ2) is 15.5. The number of alkyl halides is 3. The Bertz CT molecular complexity index is 1390. The first kappa shape index (κ1) is 33.7. The minimum absolute atomic E-state index is 0.153. The lowest BCUT2D eigenvalue weighted by Crippen LogP contribution is -2.43. The van der Waals surface area contributed by atoms with E-state index in [2.05, 4.69) is 37.1 Å². The van der Waals surface area contributed by atoms with Crippen molar-refractivity contribution in [1.82, 2.24) is 14.8 Å². The molecule has 0 aliphatic carbocycles. The van der Waals surface area contributed by atoms with Crippen molar-refractivity contribution in [2.45, 2.75) is 46.3 Å². The van der Waals surface area contributed by atoms with Crippen LogP contribution in [0, 0.1) is 23.2 Å². The molecule has 42 heavy (non-hydrogen) atoms. The van der Waals surface area contributed by atoms with Crippen LogP contribution in [0.1, 0.15) is 50.0 Å². The maximum atomic E-state index is 12.9. The van der Waals surface area contributed by atoms with Crippen molar-refractivity contribution >= 4 is 34.8 Å². The number of nitriles is 1. The van der Waals surface area contributed by atoms with Gasteiger partial charge in [0, 0.05) is 36.4 Å². The fourth-order valence-electron chi connectivity index (χ4n) is 4.05. The Morgan fingerprint density at radius 3 is 2.38 bits per heavy atom. The van der Waals surface area contributed by atoms with Crippen LogP contribution in [-0.2, 0) is 15.8 Å². The van der Waals surface area contributed by atoms with Crippen molar-refractivity contribution in [2.24, 2.45) is 11.8 Å². The van der Waals surface area contributed by atoms with Gasteiger partial charge in [0.05, 0.1) is 23.7 Å². The minimum Gasteiger partial charge on any atom is -0.332 e. The number of pyridine rings is 1. The number of hydrogen-bond donors (Lipinski definition) is 1. The zero-order chi connectivity index (χ0) is 31.4. The highest BCUT2D eigenvalue weighted by Gasteiger charge is 2.34. The molecule has 1 N–H and O–H groups in total. The fraction of sp³-hybridized carbons (Fsp3) is 0.387. The maximum Gasteiger partial charge on any atom is 0.417 e. The number of carbonyl (C=O) groups excluding carboxylic acids is 3. The van der Waals surface area contributed by atoms with E-state index in [1.807, 2.05) is 37.3 Å². The molecule has 1 aromatic heterocycles. The van der Waals surface area contributed by atoms with Crippen molar-refractivity contribution in [1.29, 1.82) is 5.26 Å². The molecule has 4 rings (SSSR count). The number of anilines is 1. The van der Waals surface area contributed by atoms with Crippen molar-refractivity contribution in [3.05, 3.63) is 71.9 Å². The molecule has 0 saturated carbocycles. The Balaban J connectivity index is 0.000000392. The number of likely N-dealkylation sites (N-methyl/N-ethyl adjacent to an activating group) is 1. The minimum atomic E-state index is -4.53. The van der Waals surface area contributed by atoms with Gasteiger partial charge >= 0.3 is 6.18 Å². The van der Waals surface area contributed by atoms with E-state index >= 15 is 0 Å². The summed E-state index contributed by atoms with van der Waals surface area (Å²) in [7, 11) is 1.44. The molecule has 3 aromatic rings. The lowest BCUT2D eigenvalue weighted by atomic mass is 10.1. The molecule has 3 amide bonds. The molecule has 1 fully saturated rings. The maximum absolute atomic E-state index is 12.9. The summed E-state index contributed by atoms with van der Waals surface area (Å²) in [4.78, 5) is 41.5. The molecule has 2 aromatic carbocycles. The average Bonchev–Trinajstić information content (AvgIpc) is 3.33. The zero-order valence-electron chi connectivity index (χ0n) is 24.4. The number of halogens is 3. The summed E-state index contributed by atoms with van der Waals surface area (Å²) in [5.74, 6) is 0.206. The quantitative estimate of drug-likeness (QED) is 0.371. The summed E-state index contributed by atoms with van der Waals surface area (Å²) < 4.78 is 38.7. The fourth-order valence-corrected chi connectivity index (χ4v) is 4.05. The number of nitrogens with one attached hydrogen (secondary N) is 1. The first-order valence-electron chi connectivity index (χ1n) is 13.4. The molecule has 2 unspecified atom stereocenters.